The van der Waals surface area contributed by atoms with Crippen molar-refractivity contribution in [2.45, 2.75) is 96.7 Å². The Hall–Kier alpha value is -0.883. The molecule has 1 aromatic rings. The Kier molecular flexibility index (Phi) is 11.5. The molecule has 0 fully saturated rings. The molecule has 29 heavy (non-hydrogen) atoms. The highest BCUT2D eigenvalue weighted by Gasteiger charge is 2.38. The van der Waals surface area contributed by atoms with E-state index in [9.17, 15) is 0 Å². The van der Waals surface area contributed by atoms with Crippen LogP contribution >= 0.6 is 0 Å². The molecule has 1 aromatic carbocycles. The van der Waals surface area contributed by atoms with E-state index >= 15 is 0 Å². The lowest BCUT2D eigenvalue weighted by atomic mass is 10.1. The van der Waals surface area contributed by atoms with E-state index in [1.165, 1.54) is 5.56 Å². The van der Waals surface area contributed by atoms with Crippen molar-refractivity contribution < 1.29 is 18.6 Å². The van der Waals surface area contributed by atoms with E-state index in [1.807, 2.05) is 0 Å². The molecule has 0 saturated carbocycles. The summed E-state index contributed by atoms with van der Waals surface area (Å²) < 4.78 is 22.7. The highest BCUT2D eigenvalue weighted by atomic mass is 28.4. The van der Waals surface area contributed by atoms with Crippen LogP contribution in [0.3, 0.4) is 0 Å². The molecule has 0 radical (unpaired) electrons. The summed E-state index contributed by atoms with van der Waals surface area (Å²) in [6.45, 7) is 14.5. The zero-order chi connectivity index (χ0) is 21.9. The zero-order valence-corrected chi connectivity index (χ0v) is 21.0. The first kappa shape index (κ1) is 26.2. The van der Waals surface area contributed by atoms with Crippen LogP contribution in [0.5, 0.6) is 5.75 Å². The minimum atomic E-state index is -1.68. The number of methoxy groups -OCH3 is 2. The van der Waals surface area contributed by atoms with Crippen LogP contribution in [0.25, 0.3) is 0 Å². The molecule has 1 atom stereocenters. The fraction of sp³-hybridized carbons (Fsp3) is 0.750. The number of benzene rings is 1. The van der Waals surface area contributed by atoms with Gasteiger partial charge in [-0.3, -0.25) is 0 Å². The van der Waals surface area contributed by atoms with Gasteiger partial charge in [-0.25, -0.2) is 0 Å². The number of ether oxygens (including phenoxy) is 3. The fourth-order valence-electron chi connectivity index (χ4n) is 2.97. The number of unbranched alkanes of at least 4 members (excludes halogenated alkanes) is 2. The molecule has 0 aromatic heterocycles. The third kappa shape index (κ3) is 10.1. The summed E-state index contributed by atoms with van der Waals surface area (Å²) in [6.07, 6.45) is 6.48. The molecule has 0 aliphatic heterocycles. The Balaban J connectivity index is 2.27. The van der Waals surface area contributed by atoms with Gasteiger partial charge < -0.3 is 18.6 Å². The first-order valence-electron chi connectivity index (χ1n) is 11.0. The van der Waals surface area contributed by atoms with Crippen molar-refractivity contribution in [2.75, 3.05) is 20.8 Å². The predicted octanol–water partition coefficient (Wildman–Crippen LogP) is 6.59. The van der Waals surface area contributed by atoms with E-state index in [4.69, 9.17) is 18.6 Å². The van der Waals surface area contributed by atoms with Gasteiger partial charge in [0.15, 0.2) is 14.6 Å². The van der Waals surface area contributed by atoms with Crippen molar-refractivity contribution in [3.63, 3.8) is 0 Å². The van der Waals surface area contributed by atoms with Crippen LogP contribution in [0.1, 0.15) is 65.4 Å². The zero-order valence-electron chi connectivity index (χ0n) is 20.0. The number of hydrogen-bond acceptors (Lipinski definition) is 4. The SMILES string of the molecule is COC(CCCCCOc1ccc(CCC(C)O[Si](C)(C)C(C)(C)C)cc1)OC. The largest absolute Gasteiger partial charge is 0.494 e. The topological polar surface area (TPSA) is 36.9 Å². The van der Waals surface area contributed by atoms with Crippen molar-refractivity contribution in [3.05, 3.63) is 29.8 Å². The van der Waals surface area contributed by atoms with Crippen molar-refractivity contribution >= 4 is 8.32 Å². The first-order valence-corrected chi connectivity index (χ1v) is 13.9. The number of aryl methyl sites for hydroxylation is 1. The standard InChI is InChI=1S/C24H44O4Si/c1-20(28-29(7,8)24(2,3)4)13-14-21-15-17-22(18-16-21)27-19-11-9-10-12-23(25-5)26-6/h15-18,20,23H,9-14,19H2,1-8H3. The molecule has 0 bridgehead atoms. The first-order chi connectivity index (χ1) is 13.6. The summed E-state index contributed by atoms with van der Waals surface area (Å²) in [5.74, 6) is 0.950. The van der Waals surface area contributed by atoms with Crippen LogP contribution in [0.2, 0.25) is 18.1 Å². The highest BCUT2D eigenvalue weighted by molar-refractivity contribution is 6.74. The maximum absolute atomic E-state index is 6.46. The van der Waals surface area contributed by atoms with Gasteiger partial charge in [-0.15, -0.1) is 0 Å². The number of hydrogen-bond donors (Lipinski definition) is 0. The lowest BCUT2D eigenvalue weighted by Gasteiger charge is -2.38. The van der Waals surface area contributed by atoms with E-state index in [2.05, 4.69) is 65.1 Å². The van der Waals surface area contributed by atoms with Crippen molar-refractivity contribution in [1.82, 2.24) is 0 Å². The van der Waals surface area contributed by atoms with Gasteiger partial charge in [0.1, 0.15) is 5.75 Å². The quantitative estimate of drug-likeness (QED) is 0.192. The second kappa shape index (κ2) is 12.7. The third-order valence-corrected chi connectivity index (χ3v) is 10.5. The van der Waals surface area contributed by atoms with Gasteiger partial charge in [-0.1, -0.05) is 32.9 Å². The maximum atomic E-state index is 6.46. The average Bonchev–Trinajstić information content (AvgIpc) is 2.65. The molecular weight excluding hydrogens is 380 g/mol. The molecule has 5 heteroatoms. The molecular formula is C24H44O4Si. The minimum absolute atomic E-state index is 0.0848. The van der Waals surface area contributed by atoms with Crippen LogP contribution < -0.4 is 4.74 Å². The third-order valence-electron chi connectivity index (χ3n) is 5.94. The second-order valence-electron chi connectivity index (χ2n) is 9.47. The van der Waals surface area contributed by atoms with Gasteiger partial charge in [-0.2, -0.15) is 0 Å². The van der Waals surface area contributed by atoms with Crippen LogP contribution in [-0.2, 0) is 20.3 Å². The molecule has 1 rings (SSSR count). The Bertz CT molecular complexity index is 547. The summed E-state index contributed by atoms with van der Waals surface area (Å²) in [5.41, 5.74) is 1.34. The summed E-state index contributed by atoms with van der Waals surface area (Å²) in [4.78, 5) is 0. The Morgan fingerprint density at radius 2 is 1.52 bits per heavy atom. The van der Waals surface area contributed by atoms with Crippen LogP contribution in [0, 0.1) is 0 Å². The normalized spacial score (nSPS) is 13.7. The fourth-order valence-corrected chi connectivity index (χ4v) is 4.45. The van der Waals surface area contributed by atoms with Crippen LogP contribution in [-0.4, -0.2) is 41.5 Å². The molecule has 0 heterocycles. The molecule has 4 nitrogen and oxygen atoms in total. The van der Waals surface area contributed by atoms with Crippen LogP contribution in [0.4, 0.5) is 0 Å². The van der Waals surface area contributed by atoms with Gasteiger partial charge in [0.2, 0.25) is 0 Å². The van der Waals surface area contributed by atoms with Gasteiger partial charge >= 0.3 is 0 Å². The lowest BCUT2D eigenvalue weighted by molar-refractivity contribution is -0.107. The van der Waals surface area contributed by atoms with Gasteiger partial charge in [-0.05, 0) is 81.3 Å². The van der Waals surface area contributed by atoms with Crippen molar-refractivity contribution in [3.8, 4) is 5.75 Å². The molecule has 168 valence electrons. The molecule has 0 aliphatic rings. The molecule has 1 unspecified atom stereocenters. The van der Waals surface area contributed by atoms with Gasteiger partial charge in [0, 0.05) is 20.3 Å². The van der Waals surface area contributed by atoms with Gasteiger partial charge in [0.05, 0.1) is 6.61 Å². The Morgan fingerprint density at radius 3 is 2.07 bits per heavy atom. The summed E-state index contributed by atoms with van der Waals surface area (Å²) >= 11 is 0. The monoisotopic (exact) mass is 424 g/mol. The van der Waals surface area contributed by atoms with E-state index < -0.39 is 8.32 Å². The number of rotatable bonds is 14. The summed E-state index contributed by atoms with van der Waals surface area (Å²) in [6, 6.07) is 8.52. The average molecular weight is 425 g/mol. The van der Waals surface area contributed by atoms with Crippen molar-refractivity contribution in [2.24, 2.45) is 0 Å². The van der Waals surface area contributed by atoms with E-state index in [1.54, 1.807) is 14.2 Å². The predicted molar refractivity (Wildman–Crippen MR) is 124 cm³/mol. The van der Waals surface area contributed by atoms with Crippen LogP contribution in [0.15, 0.2) is 24.3 Å². The molecule has 0 spiro atoms. The lowest BCUT2D eigenvalue weighted by Crippen LogP contribution is -2.43. The van der Waals surface area contributed by atoms with E-state index in [-0.39, 0.29) is 11.3 Å². The van der Waals surface area contributed by atoms with E-state index in [0.29, 0.717) is 6.10 Å². The minimum Gasteiger partial charge on any atom is -0.494 e. The maximum Gasteiger partial charge on any atom is 0.192 e. The van der Waals surface area contributed by atoms with Crippen molar-refractivity contribution in [1.29, 1.82) is 0 Å². The smallest absolute Gasteiger partial charge is 0.192 e. The Labute approximate surface area is 180 Å². The molecule has 0 aliphatic carbocycles. The molecule has 0 amide bonds. The molecule has 0 saturated heterocycles. The van der Waals surface area contributed by atoms with Gasteiger partial charge in [0.25, 0.3) is 0 Å². The molecule has 0 N–H and O–H groups in total. The summed E-state index contributed by atoms with van der Waals surface area (Å²) in [5, 5.41) is 0.259. The summed E-state index contributed by atoms with van der Waals surface area (Å²) in [7, 11) is 1.68. The Morgan fingerprint density at radius 1 is 0.897 bits per heavy atom. The second-order valence-corrected chi connectivity index (χ2v) is 14.2. The highest BCUT2D eigenvalue weighted by Crippen LogP contribution is 2.37. The van der Waals surface area contributed by atoms with E-state index in [0.717, 1.165) is 50.9 Å².